The summed E-state index contributed by atoms with van der Waals surface area (Å²) in [5.74, 6) is 0. The van der Waals surface area contributed by atoms with Crippen molar-refractivity contribution in [2.45, 2.75) is 18.3 Å². The highest BCUT2D eigenvalue weighted by molar-refractivity contribution is 5.39. The van der Waals surface area contributed by atoms with E-state index in [-0.39, 0.29) is 10.8 Å². The minimum atomic E-state index is 0.132. The second-order valence-corrected chi connectivity index (χ2v) is 4.99. The summed E-state index contributed by atoms with van der Waals surface area (Å²) in [5, 5.41) is 13.0. The molecule has 2 fully saturated rings. The van der Waals surface area contributed by atoms with Crippen LogP contribution in [-0.2, 0) is 5.41 Å². The van der Waals surface area contributed by atoms with Crippen molar-refractivity contribution >= 4 is 0 Å². The summed E-state index contributed by atoms with van der Waals surface area (Å²) in [6.07, 6.45) is 2.31. The second kappa shape index (κ2) is 3.06. The van der Waals surface area contributed by atoms with E-state index in [2.05, 4.69) is 35.6 Å². The SMILES string of the molecule is OC[C@@]12CNCC[C@]1(c1ccccc1)C2. The van der Waals surface area contributed by atoms with Crippen LogP contribution < -0.4 is 5.32 Å². The van der Waals surface area contributed by atoms with E-state index in [4.69, 9.17) is 0 Å². The van der Waals surface area contributed by atoms with Gasteiger partial charge in [0, 0.05) is 17.4 Å². The highest BCUT2D eigenvalue weighted by Gasteiger charge is 2.67. The third-order valence-electron chi connectivity index (χ3n) is 4.35. The number of aliphatic hydroxyl groups excluding tert-OH is 1. The number of rotatable bonds is 2. The molecule has 80 valence electrons. The summed E-state index contributed by atoms with van der Waals surface area (Å²) < 4.78 is 0. The molecule has 0 aromatic heterocycles. The van der Waals surface area contributed by atoms with Crippen LogP contribution in [0, 0.1) is 5.41 Å². The molecule has 0 amide bonds. The number of fused-ring (bicyclic) bond motifs is 1. The largest absolute Gasteiger partial charge is 0.396 e. The molecular weight excluding hydrogens is 186 g/mol. The summed E-state index contributed by atoms with van der Waals surface area (Å²) in [6.45, 7) is 2.37. The molecule has 2 nitrogen and oxygen atoms in total. The molecule has 0 unspecified atom stereocenters. The zero-order valence-corrected chi connectivity index (χ0v) is 8.87. The van der Waals surface area contributed by atoms with Gasteiger partial charge in [-0.25, -0.2) is 0 Å². The monoisotopic (exact) mass is 203 g/mol. The summed E-state index contributed by atoms with van der Waals surface area (Å²) in [5.41, 5.74) is 1.82. The lowest BCUT2D eigenvalue weighted by Gasteiger charge is -2.30. The Morgan fingerprint density at radius 2 is 2.07 bits per heavy atom. The van der Waals surface area contributed by atoms with Crippen molar-refractivity contribution in [2.75, 3.05) is 19.7 Å². The van der Waals surface area contributed by atoms with Crippen LogP contribution in [0.15, 0.2) is 30.3 Å². The number of nitrogens with one attached hydrogen (secondary N) is 1. The highest BCUT2D eigenvalue weighted by atomic mass is 16.3. The molecule has 1 aliphatic heterocycles. The van der Waals surface area contributed by atoms with Gasteiger partial charge in [-0.15, -0.1) is 0 Å². The van der Waals surface area contributed by atoms with Crippen molar-refractivity contribution < 1.29 is 5.11 Å². The Hall–Kier alpha value is -0.860. The van der Waals surface area contributed by atoms with E-state index in [1.165, 1.54) is 5.56 Å². The van der Waals surface area contributed by atoms with Crippen LogP contribution in [-0.4, -0.2) is 24.8 Å². The Bertz CT molecular complexity index is 364. The molecular formula is C13H17NO. The van der Waals surface area contributed by atoms with Crippen LogP contribution in [0.3, 0.4) is 0 Å². The molecule has 1 aromatic rings. The number of hydrogen-bond acceptors (Lipinski definition) is 2. The quantitative estimate of drug-likeness (QED) is 0.759. The predicted octanol–water partition coefficient (Wildman–Crippen LogP) is 1.30. The Kier molecular flexibility index (Phi) is 1.91. The molecule has 1 saturated heterocycles. The van der Waals surface area contributed by atoms with Crippen molar-refractivity contribution in [3.63, 3.8) is 0 Å². The lowest BCUT2D eigenvalue weighted by atomic mass is 9.81. The second-order valence-electron chi connectivity index (χ2n) is 4.99. The first-order chi connectivity index (χ1) is 7.33. The van der Waals surface area contributed by atoms with E-state index in [1.54, 1.807) is 0 Å². The lowest BCUT2D eigenvalue weighted by Crippen LogP contribution is -2.40. The molecule has 1 heterocycles. The van der Waals surface area contributed by atoms with Crippen LogP contribution >= 0.6 is 0 Å². The first-order valence-corrected chi connectivity index (χ1v) is 5.70. The molecule has 0 bridgehead atoms. The van der Waals surface area contributed by atoms with Crippen LogP contribution in [0.2, 0.25) is 0 Å². The van der Waals surface area contributed by atoms with Gasteiger partial charge in [0.1, 0.15) is 0 Å². The van der Waals surface area contributed by atoms with Crippen molar-refractivity contribution in [1.29, 1.82) is 0 Å². The standard InChI is InChI=1S/C13H17NO/c15-10-12-8-13(12,6-7-14-9-12)11-4-2-1-3-5-11/h1-5,14-15H,6-10H2/t12-,13-/m1/s1. The van der Waals surface area contributed by atoms with E-state index in [1.807, 2.05) is 0 Å². The maximum Gasteiger partial charge on any atom is 0.0508 e. The van der Waals surface area contributed by atoms with Gasteiger partial charge in [0.15, 0.2) is 0 Å². The minimum absolute atomic E-state index is 0.132. The molecule has 1 saturated carbocycles. The summed E-state index contributed by atoms with van der Waals surface area (Å²) in [6, 6.07) is 10.7. The van der Waals surface area contributed by atoms with Crippen LogP contribution in [0.1, 0.15) is 18.4 Å². The van der Waals surface area contributed by atoms with E-state index in [0.29, 0.717) is 6.61 Å². The van der Waals surface area contributed by atoms with E-state index < -0.39 is 0 Å². The van der Waals surface area contributed by atoms with Crippen molar-refractivity contribution in [1.82, 2.24) is 5.32 Å². The molecule has 15 heavy (non-hydrogen) atoms. The predicted molar refractivity (Wildman–Crippen MR) is 59.7 cm³/mol. The number of benzene rings is 1. The minimum Gasteiger partial charge on any atom is -0.396 e. The van der Waals surface area contributed by atoms with Gasteiger partial charge in [0.05, 0.1) is 6.61 Å². The van der Waals surface area contributed by atoms with Crippen molar-refractivity contribution in [3.05, 3.63) is 35.9 Å². The van der Waals surface area contributed by atoms with Crippen molar-refractivity contribution in [3.8, 4) is 0 Å². The molecule has 2 atom stereocenters. The number of aliphatic hydroxyl groups is 1. The summed E-state index contributed by atoms with van der Waals surface area (Å²) >= 11 is 0. The average molecular weight is 203 g/mol. The van der Waals surface area contributed by atoms with Gasteiger partial charge in [-0.05, 0) is 24.9 Å². The van der Waals surface area contributed by atoms with Crippen LogP contribution in [0.5, 0.6) is 0 Å². The average Bonchev–Trinajstić information content (AvgIpc) is 3.01. The first kappa shape index (κ1) is 9.37. The molecule has 3 rings (SSSR count). The number of piperidine rings is 1. The highest BCUT2D eigenvalue weighted by Crippen LogP contribution is 2.67. The normalized spacial score (nSPS) is 38.5. The van der Waals surface area contributed by atoms with Gasteiger partial charge < -0.3 is 10.4 Å². The van der Waals surface area contributed by atoms with E-state index in [9.17, 15) is 5.11 Å². The maximum atomic E-state index is 9.58. The van der Waals surface area contributed by atoms with E-state index in [0.717, 1.165) is 25.9 Å². The van der Waals surface area contributed by atoms with Gasteiger partial charge in [0.25, 0.3) is 0 Å². The third-order valence-corrected chi connectivity index (χ3v) is 4.35. The maximum absolute atomic E-state index is 9.58. The Morgan fingerprint density at radius 3 is 2.80 bits per heavy atom. The molecule has 1 aliphatic carbocycles. The molecule has 2 aliphatic rings. The Labute approximate surface area is 90.3 Å². The number of hydrogen-bond donors (Lipinski definition) is 2. The zero-order chi connectivity index (χ0) is 10.4. The summed E-state index contributed by atoms with van der Waals surface area (Å²) in [4.78, 5) is 0. The van der Waals surface area contributed by atoms with Gasteiger partial charge in [-0.1, -0.05) is 30.3 Å². The Morgan fingerprint density at radius 1 is 1.27 bits per heavy atom. The Balaban J connectivity index is 1.99. The van der Waals surface area contributed by atoms with Crippen LogP contribution in [0.4, 0.5) is 0 Å². The molecule has 1 aromatic carbocycles. The third kappa shape index (κ3) is 1.12. The van der Waals surface area contributed by atoms with Gasteiger partial charge in [-0.2, -0.15) is 0 Å². The zero-order valence-electron chi connectivity index (χ0n) is 8.87. The fraction of sp³-hybridized carbons (Fsp3) is 0.538. The smallest absolute Gasteiger partial charge is 0.0508 e. The van der Waals surface area contributed by atoms with Crippen LogP contribution in [0.25, 0.3) is 0 Å². The molecule has 0 radical (unpaired) electrons. The molecule has 2 heteroatoms. The topological polar surface area (TPSA) is 32.3 Å². The molecule has 0 spiro atoms. The summed E-state index contributed by atoms with van der Waals surface area (Å²) in [7, 11) is 0. The van der Waals surface area contributed by atoms with E-state index >= 15 is 0 Å². The van der Waals surface area contributed by atoms with Gasteiger partial charge >= 0.3 is 0 Å². The first-order valence-electron chi connectivity index (χ1n) is 5.70. The lowest BCUT2D eigenvalue weighted by molar-refractivity contribution is 0.169. The molecule has 2 N–H and O–H groups in total. The van der Waals surface area contributed by atoms with Gasteiger partial charge in [-0.3, -0.25) is 0 Å². The fourth-order valence-electron chi connectivity index (χ4n) is 3.32. The van der Waals surface area contributed by atoms with Crippen molar-refractivity contribution in [2.24, 2.45) is 5.41 Å². The fourth-order valence-corrected chi connectivity index (χ4v) is 3.32. The van der Waals surface area contributed by atoms with Gasteiger partial charge in [0.2, 0.25) is 0 Å².